The number of hydrogen-bond donors (Lipinski definition) is 2. The van der Waals surface area contributed by atoms with E-state index in [-0.39, 0.29) is 24.2 Å². The average Bonchev–Trinajstić information content (AvgIpc) is 2.59. The first-order valence-electron chi connectivity index (χ1n) is 8.54. The topological polar surface area (TPSA) is 111 Å². The first kappa shape index (κ1) is 24.6. The van der Waals surface area contributed by atoms with Crippen LogP contribution in [-0.2, 0) is 28.9 Å². The zero-order valence-corrected chi connectivity index (χ0v) is 17.1. The second-order valence-corrected chi connectivity index (χ2v) is 8.21. The van der Waals surface area contributed by atoms with E-state index >= 15 is 0 Å². The molecular weight excluding hydrogens is 380 g/mol. The quantitative estimate of drug-likeness (QED) is 0.288. The molecule has 26 heavy (non-hydrogen) atoms. The number of rotatable bonds is 12. The Morgan fingerprint density at radius 2 is 1.58 bits per heavy atom. The van der Waals surface area contributed by atoms with Crippen LogP contribution in [-0.4, -0.2) is 35.3 Å². The number of carbonyl (C=O) groups is 4. The third-order valence-electron chi connectivity index (χ3n) is 3.15. The maximum atomic E-state index is 12.1. The van der Waals surface area contributed by atoms with Gasteiger partial charge in [0.2, 0.25) is 0 Å². The lowest BCUT2D eigenvalue weighted by Crippen LogP contribution is -2.33. The van der Waals surface area contributed by atoms with E-state index in [0.717, 1.165) is 25.7 Å². The lowest BCUT2D eigenvalue weighted by Gasteiger charge is -2.15. The molecule has 0 bridgehead atoms. The Morgan fingerprint density at radius 3 is 2.19 bits per heavy atom. The highest BCUT2D eigenvalue weighted by Gasteiger charge is 2.19. The van der Waals surface area contributed by atoms with E-state index in [2.05, 4.69) is 22.1 Å². The van der Waals surface area contributed by atoms with Crippen LogP contribution in [0.25, 0.3) is 0 Å². The van der Waals surface area contributed by atoms with Gasteiger partial charge in [0.1, 0.15) is 0 Å². The highest BCUT2D eigenvalue weighted by atomic mass is 33.1. The third kappa shape index (κ3) is 14.9. The Hall–Kier alpha value is -1.42. The van der Waals surface area contributed by atoms with E-state index < -0.39 is 11.9 Å². The normalized spacial score (nSPS) is 11.3. The van der Waals surface area contributed by atoms with Gasteiger partial charge < -0.3 is 9.68 Å². The van der Waals surface area contributed by atoms with Crippen molar-refractivity contribution in [3.63, 3.8) is 0 Å². The second-order valence-electron chi connectivity index (χ2n) is 5.58. The minimum absolute atomic E-state index is 0.200. The van der Waals surface area contributed by atoms with E-state index in [1.807, 2.05) is 5.48 Å². The van der Waals surface area contributed by atoms with E-state index in [1.54, 1.807) is 0 Å². The molecule has 0 spiro atoms. The van der Waals surface area contributed by atoms with Crippen molar-refractivity contribution in [3.05, 3.63) is 0 Å². The molecule has 0 saturated heterocycles. The molecule has 150 valence electrons. The van der Waals surface area contributed by atoms with Crippen LogP contribution in [0, 0.1) is 5.92 Å². The molecule has 0 aliphatic heterocycles. The van der Waals surface area contributed by atoms with Gasteiger partial charge in [-0.3, -0.25) is 19.2 Å². The molecule has 2 N–H and O–H groups in total. The molecule has 0 aliphatic rings. The van der Waals surface area contributed by atoms with Crippen molar-refractivity contribution in [3.8, 4) is 0 Å². The summed E-state index contributed by atoms with van der Waals surface area (Å²) in [5.41, 5.74) is 4.23. The van der Waals surface area contributed by atoms with E-state index in [9.17, 15) is 19.2 Å². The van der Waals surface area contributed by atoms with Gasteiger partial charge in [0.25, 0.3) is 11.8 Å². The Labute approximate surface area is 162 Å². The largest absolute Gasteiger partial charge is 0.341 e. The van der Waals surface area contributed by atoms with Crippen LogP contribution >= 0.6 is 21.6 Å². The van der Waals surface area contributed by atoms with Crippen LogP contribution in [0.2, 0.25) is 0 Å². The average molecular weight is 409 g/mol. The predicted molar refractivity (Wildman–Crippen MR) is 102 cm³/mol. The summed E-state index contributed by atoms with van der Waals surface area (Å²) in [6.07, 6.45) is 5.14. The minimum Gasteiger partial charge on any atom is -0.341 e. The standard InChI is InChI=1S/C16H28N2O6S2/c1-4-5-6-7-8-14(16(22)18-24-13(3)20)11-26-25-10-9-15(21)17-23-12(2)19/h14H,4-11H2,1-3H3,(H,17,21)(H,18,22). The molecule has 0 aromatic carbocycles. The fraction of sp³-hybridized carbons (Fsp3) is 0.750. The summed E-state index contributed by atoms with van der Waals surface area (Å²) < 4.78 is 0. The first-order valence-corrected chi connectivity index (χ1v) is 11.0. The van der Waals surface area contributed by atoms with Crippen molar-refractivity contribution >= 4 is 45.3 Å². The summed E-state index contributed by atoms with van der Waals surface area (Å²) >= 11 is 0. The van der Waals surface area contributed by atoms with Crippen molar-refractivity contribution in [1.82, 2.24) is 11.0 Å². The molecule has 0 aromatic rings. The number of carbonyl (C=O) groups excluding carboxylic acids is 4. The molecule has 2 amide bonds. The van der Waals surface area contributed by atoms with Crippen LogP contribution in [0.15, 0.2) is 0 Å². The number of unbranched alkanes of at least 4 members (excludes halogenated alkanes) is 3. The maximum Gasteiger partial charge on any atom is 0.329 e. The predicted octanol–water partition coefficient (Wildman–Crippen LogP) is 2.53. The van der Waals surface area contributed by atoms with E-state index in [4.69, 9.17) is 0 Å². The van der Waals surface area contributed by atoms with Crippen LogP contribution in [0.3, 0.4) is 0 Å². The summed E-state index contributed by atoms with van der Waals surface area (Å²) in [5, 5.41) is 0. The van der Waals surface area contributed by atoms with E-state index in [0.29, 0.717) is 17.9 Å². The molecule has 0 aromatic heterocycles. The molecule has 0 aliphatic carbocycles. The van der Waals surface area contributed by atoms with E-state index in [1.165, 1.54) is 35.4 Å². The third-order valence-corrected chi connectivity index (χ3v) is 5.63. The van der Waals surface area contributed by atoms with Crippen molar-refractivity contribution < 1.29 is 28.9 Å². The molecule has 1 atom stereocenters. The Bertz CT molecular complexity index is 462. The smallest absolute Gasteiger partial charge is 0.329 e. The monoisotopic (exact) mass is 408 g/mol. The molecule has 0 heterocycles. The molecule has 10 heteroatoms. The van der Waals surface area contributed by atoms with Gasteiger partial charge in [-0.1, -0.05) is 54.2 Å². The summed E-state index contributed by atoms with van der Waals surface area (Å²) in [4.78, 5) is 53.8. The molecule has 1 unspecified atom stereocenters. The van der Waals surface area contributed by atoms with Gasteiger partial charge in [0, 0.05) is 31.8 Å². The first-order chi connectivity index (χ1) is 12.4. The molecule has 0 fully saturated rings. The Morgan fingerprint density at radius 1 is 0.923 bits per heavy atom. The lowest BCUT2D eigenvalue weighted by molar-refractivity contribution is -0.157. The number of amides is 2. The highest BCUT2D eigenvalue weighted by Crippen LogP contribution is 2.27. The maximum absolute atomic E-state index is 12.1. The van der Waals surface area contributed by atoms with Gasteiger partial charge >= 0.3 is 11.9 Å². The van der Waals surface area contributed by atoms with Crippen LogP contribution in [0.4, 0.5) is 0 Å². The van der Waals surface area contributed by atoms with Crippen molar-refractivity contribution in [2.45, 2.75) is 59.3 Å². The zero-order chi connectivity index (χ0) is 19.8. The van der Waals surface area contributed by atoms with Gasteiger partial charge in [-0.2, -0.15) is 11.0 Å². The summed E-state index contributed by atoms with van der Waals surface area (Å²) in [7, 11) is 2.94. The van der Waals surface area contributed by atoms with Crippen molar-refractivity contribution in [2.24, 2.45) is 5.92 Å². The lowest BCUT2D eigenvalue weighted by atomic mass is 10.0. The number of hydrogen-bond acceptors (Lipinski definition) is 8. The summed E-state index contributed by atoms with van der Waals surface area (Å²) in [5.74, 6) is -1.02. The summed E-state index contributed by atoms with van der Waals surface area (Å²) in [6, 6.07) is 0. The van der Waals surface area contributed by atoms with Gasteiger partial charge in [-0.15, -0.1) is 0 Å². The molecular formula is C16H28N2O6S2. The van der Waals surface area contributed by atoms with Crippen LogP contribution in [0.5, 0.6) is 0 Å². The molecule has 0 rings (SSSR count). The van der Waals surface area contributed by atoms with Gasteiger partial charge in [-0.05, 0) is 6.42 Å². The van der Waals surface area contributed by atoms with Crippen LogP contribution < -0.4 is 11.0 Å². The van der Waals surface area contributed by atoms with Crippen molar-refractivity contribution in [2.75, 3.05) is 11.5 Å². The number of nitrogens with one attached hydrogen (secondary N) is 2. The second kappa shape index (κ2) is 15.8. The van der Waals surface area contributed by atoms with Gasteiger partial charge in [-0.25, -0.2) is 0 Å². The molecule has 0 radical (unpaired) electrons. The number of hydroxylamine groups is 2. The Balaban J connectivity index is 4.11. The Kier molecular flexibility index (Phi) is 14.9. The van der Waals surface area contributed by atoms with Crippen molar-refractivity contribution in [1.29, 1.82) is 0 Å². The molecule has 0 saturated carbocycles. The fourth-order valence-corrected chi connectivity index (χ4v) is 4.17. The van der Waals surface area contributed by atoms with Crippen LogP contribution in [0.1, 0.15) is 59.3 Å². The van der Waals surface area contributed by atoms with Gasteiger partial charge in [0.15, 0.2) is 0 Å². The van der Waals surface area contributed by atoms with Gasteiger partial charge in [0.05, 0.1) is 5.92 Å². The summed E-state index contributed by atoms with van der Waals surface area (Å²) in [6.45, 7) is 4.55. The minimum atomic E-state index is -0.579. The SMILES string of the molecule is CCCCCCC(CSSCCC(=O)NOC(C)=O)C(=O)NOC(C)=O. The molecule has 8 nitrogen and oxygen atoms in total. The fourth-order valence-electron chi connectivity index (χ4n) is 1.82. The zero-order valence-electron chi connectivity index (χ0n) is 15.5. The highest BCUT2D eigenvalue weighted by molar-refractivity contribution is 8.76.